The molecule has 1 aromatic carbocycles. The number of nitrogens with one attached hydrogen (secondary N) is 2. The van der Waals surface area contributed by atoms with Crippen molar-refractivity contribution in [1.29, 1.82) is 0 Å². The SMILES string of the molecule is Cc1ncsc1-c1ccc(CNC(=O)C2C[C@@H](O)CN2C(=O)[C@@H](NC(=O)CCCCCCCCCN)C(C)(C)C)cc1. The number of unbranched alkanes of at least 4 members (excludes halogenated alkanes) is 6. The molecule has 9 nitrogen and oxygen atoms in total. The number of rotatable bonds is 15. The molecule has 2 aromatic rings. The van der Waals surface area contributed by atoms with Gasteiger partial charge >= 0.3 is 0 Å². The van der Waals surface area contributed by atoms with Crippen molar-refractivity contribution in [3.05, 3.63) is 41.0 Å². The molecule has 1 aromatic heterocycles. The van der Waals surface area contributed by atoms with Crippen LogP contribution in [0.1, 0.15) is 89.8 Å². The topological polar surface area (TPSA) is 138 Å². The second kappa shape index (κ2) is 16.1. The number of nitrogens with zero attached hydrogens (tertiary/aromatic N) is 2. The first kappa shape index (κ1) is 33.7. The normalized spacial score (nSPS) is 17.7. The van der Waals surface area contributed by atoms with Crippen LogP contribution < -0.4 is 16.4 Å². The summed E-state index contributed by atoms with van der Waals surface area (Å²) in [4.78, 5) is 46.7. The van der Waals surface area contributed by atoms with Crippen LogP contribution in [-0.4, -0.2) is 64.0 Å². The van der Waals surface area contributed by atoms with Crippen molar-refractivity contribution in [2.45, 2.75) is 110 Å². The summed E-state index contributed by atoms with van der Waals surface area (Å²) in [5.74, 6) is -0.811. The lowest BCUT2D eigenvalue weighted by Gasteiger charge is -2.35. The molecule has 1 aliphatic rings. The predicted octanol–water partition coefficient (Wildman–Crippen LogP) is 4.31. The lowest BCUT2D eigenvalue weighted by molar-refractivity contribution is -0.144. The average Bonchev–Trinajstić information content (AvgIpc) is 3.56. The van der Waals surface area contributed by atoms with Crippen molar-refractivity contribution in [2.24, 2.45) is 11.1 Å². The summed E-state index contributed by atoms with van der Waals surface area (Å²) < 4.78 is 0. The summed E-state index contributed by atoms with van der Waals surface area (Å²) in [6, 6.07) is 6.36. The van der Waals surface area contributed by atoms with Gasteiger partial charge in [0.25, 0.3) is 0 Å². The molecule has 0 spiro atoms. The number of carbonyl (C=O) groups excluding carboxylic acids is 3. The Morgan fingerprint density at radius 3 is 2.31 bits per heavy atom. The van der Waals surface area contributed by atoms with E-state index in [1.165, 1.54) is 11.3 Å². The molecule has 1 saturated heterocycles. The van der Waals surface area contributed by atoms with Crippen LogP contribution >= 0.6 is 11.3 Å². The second-order valence-electron chi connectivity index (χ2n) is 12.5. The van der Waals surface area contributed by atoms with Gasteiger partial charge in [-0.3, -0.25) is 14.4 Å². The maximum Gasteiger partial charge on any atom is 0.246 e. The Bertz CT molecular complexity index is 1160. The van der Waals surface area contributed by atoms with Crippen LogP contribution in [0.2, 0.25) is 0 Å². The van der Waals surface area contributed by atoms with E-state index in [1.807, 2.05) is 57.5 Å². The average molecular weight is 600 g/mol. The highest BCUT2D eigenvalue weighted by atomic mass is 32.1. The van der Waals surface area contributed by atoms with E-state index in [2.05, 4.69) is 15.6 Å². The van der Waals surface area contributed by atoms with E-state index in [1.54, 1.807) is 11.3 Å². The number of aryl methyl sites for hydroxylation is 1. The van der Waals surface area contributed by atoms with Gasteiger partial charge in [0, 0.05) is 25.9 Å². The Hall–Kier alpha value is -2.82. The summed E-state index contributed by atoms with van der Waals surface area (Å²) in [7, 11) is 0. The molecular formula is C32H49N5O4S. The van der Waals surface area contributed by atoms with Gasteiger partial charge in [0.05, 0.1) is 22.2 Å². The zero-order valence-electron chi connectivity index (χ0n) is 25.7. The Balaban J connectivity index is 1.54. The number of aliphatic hydroxyl groups excluding tert-OH is 1. The number of thiazole rings is 1. The molecular weight excluding hydrogens is 550 g/mol. The first-order valence-corrected chi connectivity index (χ1v) is 16.1. The number of β-amino-alcohol motifs (C(OH)–C–C–N with tert-alkyl or cyclic N) is 1. The number of hydrogen-bond acceptors (Lipinski definition) is 7. The third-order valence-electron chi connectivity index (χ3n) is 7.82. The maximum atomic E-state index is 13.7. The molecule has 3 atom stereocenters. The molecule has 0 aliphatic carbocycles. The first-order chi connectivity index (χ1) is 20.0. The smallest absolute Gasteiger partial charge is 0.246 e. The van der Waals surface area contributed by atoms with Crippen LogP contribution in [0.5, 0.6) is 0 Å². The second-order valence-corrected chi connectivity index (χ2v) is 13.3. The Morgan fingerprint density at radius 1 is 1.07 bits per heavy atom. The molecule has 0 bridgehead atoms. The molecule has 0 saturated carbocycles. The molecule has 2 heterocycles. The zero-order valence-corrected chi connectivity index (χ0v) is 26.5. The van der Waals surface area contributed by atoms with E-state index < -0.39 is 23.6 Å². The summed E-state index contributed by atoms with van der Waals surface area (Å²) in [5, 5.41) is 16.3. The van der Waals surface area contributed by atoms with Crippen molar-refractivity contribution >= 4 is 29.1 Å². The van der Waals surface area contributed by atoms with Crippen molar-refractivity contribution in [1.82, 2.24) is 20.5 Å². The van der Waals surface area contributed by atoms with Gasteiger partial charge in [0.2, 0.25) is 17.7 Å². The number of benzene rings is 1. The fourth-order valence-corrected chi connectivity index (χ4v) is 6.14. The van der Waals surface area contributed by atoms with Gasteiger partial charge in [-0.05, 0) is 42.9 Å². The molecule has 0 radical (unpaired) electrons. The molecule has 42 heavy (non-hydrogen) atoms. The number of nitrogens with two attached hydrogens (primary N) is 1. The molecule has 1 fully saturated rings. The van der Waals surface area contributed by atoms with Crippen LogP contribution in [0.3, 0.4) is 0 Å². The van der Waals surface area contributed by atoms with E-state index in [0.717, 1.165) is 66.8 Å². The fraction of sp³-hybridized carbons (Fsp3) is 0.625. The standard InChI is InChI=1S/C32H49N5O4S/c1-22-28(42-21-35-22)24-15-13-23(14-16-24)19-34-30(40)26-18-25(38)20-37(26)31(41)29(32(2,3)4)36-27(39)12-10-8-6-5-7-9-11-17-33/h13-16,21,25-26,29,38H,5-12,17-20,33H2,1-4H3,(H,34,40)(H,36,39)/t25-,26?,29-/m1/s1. The minimum Gasteiger partial charge on any atom is -0.391 e. The first-order valence-electron chi connectivity index (χ1n) is 15.3. The number of carbonyl (C=O) groups is 3. The van der Waals surface area contributed by atoms with Gasteiger partial charge < -0.3 is 26.4 Å². The number of likely N-dealkylation sites (tertiary alicyclic amines) is 1. The zero-order chi connectivity index (χ0) is 30.7. The monoisotopic (exact) mass is 599 g/mol. The maximum absolute atomic E-state index is 13.7. The van der Waals surface area contributed by atoms with E-state index in [9.17, 15) is 19.5 Å². The van der Waals surface area contributed by atoms with E-state index >= 15 is 0 Å². The third kappa shape index (κ3) is 9.88. The van der Waals surface area contributed by atoms with Crippen molar-refractivity contribution in [3.63, 3.8) is 0 Å². The number of hydrogen-bond donors (Lipinski definition) is 4. The van der Waals surface area contributed by atoms with E-state index in [4.69, 9.17) is 5.73 Å². The van der Waals surface area contributed by atoms with Crippen molar-refractivity contribution in [3.8, 4) is 10.4 Å². The van der Waals surface area contributed by atoms with Crippen LogP contribution in [0.25, 0.3) is 10.4 Å². The molecule has 1 aliphatic heterocycles. The van der Waals surface area contributed by atoms with Gasteiger partial charge in [-0.25, -0.2) is 4.98 Å². The largest absolute Gasteiger partial charge is 0.391 e. The Morgan fingerprint density at radius 2 is 1.71 bits per heavy atom. The Labute approximate surface area is 254 Å². The van der Waals surface area contributed by atoms with Gasteiger partial charge in [-0.2, -0.15) is 0 Å². The van der Waals surface area contributed by atoms with Gasteiger partial charge in [-0.15, -0.1) is 11.3 Å². The highest BCUT2D eigenvalue weighted by Gasteiger charge is 2.44. The number of aliphatic hydroxyl groups is 1. The highest BCUT2D eigenvalue weighted by molar-refractivity contribution is 7.13. The minimum atomic E-state index is -0.801. The minimum absolute atomic E-state index is 0.0619. The van der Waals surface area contributed by atoms with Gasteiger partial charge in [0.1, 0.15) is 12.1 Å². The molecule has 1 unspecified atom stereocenters. The quantitative estimate of drug-likeness (QED) is 0.225. The lowest BCUT2D eigenvalue weighted by atomic mass is 9.85. The van der Waals surface area contributed by atoms with Crippen LogP contribution in [0.15, 0.2) is 29.8 Å². The lowest BCUT2D eigenvalue weighted by Crippen LogP contribution is -2.57. The van der Waals surface area contributed by atoms with E-state index in [-0.39, 0.29) is 30.7 Å². The van der Waals surface area contributed by atoms with Crippen LogP contribution in [0, 0.1) is 12.3 Å². The number of amides is 3. The van der Waals surface area contributed by atoms with Gasteiger partial charge in [-0.1, -0.05) is 77.1 Å². The van der Waals surface area contributed by atoms with Crippen LogP contribution in [0.4, 0.5) is 0 Å². The van der Waals surface area contributed by atoms with Gasteiger partial charge in [0.15, 0.2) is 0 Å². The Kier molecular flexibility index (Phi) is 12.9. The molecule has 5 N–H and O–H groups in total. The van der Waals surface area contributed by atoms with E-state index in [0.29, 0.717) is 13.0 Å². The predicted molar refractivity (Wildman–Crippen MR) is 168 cm³/mol. The fourth-order valence-electron chi connectivity index (χ4n) is 5.33. The molecule has 10 heteroatoms. The summed E-state index contributed by atoms with van der Waals surface area (Å²) in [6.45, 7) is 8.78. The molecule has 3 rings (SSSR count). The molecule has 3 amide bonds. The summed E-state index contributed by atoms with van der Waals surface area (Å²) >= 11 is 1.59. The molecule has 232 valence electrons. The number of aromatic nitrogens is 1. The summed E-state index contributed by atoms with van der Waals surface area (Å²) in [6.07, 6.45) is 7.06. The third-order valence-corrected chi connectivity index (χ3v) is 8.80. The summed E-state index contributed by atoms with van der Waals surface area (Å²) in [5.41, 5.74) is 9.79. The highest BCUT2D eigenvalue weighted by Crippen LogP contribution is 2.28. The van der Waals surface area contributed by atoms with Crippen molar-refractivity contribution < 1.29 is 19.5 Å². The van der Waals surface area contributed by atoms with Crippen LogP contribution in [-0.2, 0) is 20.9 Å². The van der Waals surface area contributed by atoms with Crippen molar-refractivity contribution in [2.75, 3.05) is 13.1 Å².